The van der Waals surface area contributed by atoms with Crippen LogP contribution in [0.4, 0.5) is 0 Å². The van der Waals surface area contributed by atoms with Crippen molar-refractivity contribution in [2.45, 2.75) is 32.2 Å². The Hall–Kier alpha value is -2.83. The van der Waals surface area contributed by atoms with Gasteiger partial charge in [-0.1, -0.05) is 54.4 Å². The molecule has 2 aromatic carbocycles. The number of benzene rings is 2. The molecule has 0 radical (unpaired) electrons. The maximum atomic E-state index is 12.4. The van der Waals surface area contributed by atoms with Crippen molar-refractivity contribution in [1.82, 2.24) is 10.3 Å². The molecule has 156 valence electrons. The molecule has 30 heavy (non-hydrogen) atoms. The van der Waals surface area contributed by atoms with E-state index in [1.54, 1.807) is 18.2 Å². The highest BCUT2D eigenvalue weighted by Gasteiger charge is 2.20. The molecular formula is C22H20Cl2N2O4. The molecule has 0 spiro atoms. The number of carboxylic acid groups (broad SMARTS) is 1. The van der Waals surface area contributed by atoms with Gasteiger partial charge in [0.05, 0.1) is 12.6 Å². The molecule has 0 aliphatic heterocycles. The number of nitrogens with zero attached hydrogens (tertiary/aromatic N) is 1. The number of hydrogen-bond donors (Lipinski definition) is 2. The fraction of sp³-hybridized carbons (Fsp3) is 0.227. The number of amides is 1. The van der Waals surface area contributed by atoms with Crippen molar-refractivity contribution in [3.05, 3.63) is 75.9 Å². The lowest BCUT2D eigenvalue weighted by molar-refractivity contribution is -0.137. The molecule has 0 saturated heterocycles. The number of aliphatic carboxylic acids is 1. The maximum absolute atomic E-state index is 12.4. The number of aryl methyl sites for hydroxylation is 1. The summed E-state index contributed by atoms with van der Waals surface area (Å²) >= 11 is 12.3. The average Bonchev–Trinajstić information content (AvgIpc) is 3.19. The molecule has 0 unspecified atom stereocenters. The van der Waals surface area contributed by atoms with Gasteiger partial charge >= 0.3 is 5.97 Å². The molecule has 0 bridgehead atoms. The lowest BCUT2D eigenvalue weighted by Crippen LogP contribution is -2.38. The van der Waals surface area contributed by atoms with Crippen LogP contribution in [0, 0.1) is 0 Å². The van der Waals surface area contributed by atoms with E-state index < -0.39 is 17.9 Å². The van der Waals surface area contributed by atoms with E-state index >= 15 is 0 Å². The van der Waals surface area contributed by atoms with Gasteiger partial charge < -0.3 is 14.8 Å². The zero-order valence-electron chi connectivity index (χ0n) is 16.2. The van der Waals surface area contributed by atoms with Crippen molar-refractivity contribution in [3.63, 3.8) is 0 Å². The molecular weight excluding hydrogens is 427 g/mol. The molecule has 3 rings (SSSR count). The van der Waals surface area contributed by atoms with Gasteiger partial charge in [0.2, 0.25) is 5.76 Å². The van der Waals surface area contributed by atoms with Crippen molar-refractivity contribution in [2.24, 2.45) is 0 Å². The van der Waals surface area contributed by atoms with Crippen LogP contribution in [-0.4, -0.2) is 28.0 Å². The van der Waals surface area contributed by atoms with E-state index in [4.69, 9.17) is 27.6 Å². The number of rotatable bonds is 8. The molecule has 2 N–H and O–H groups in total. The van der Waals surface area contributed by atoms with Gasteiger partial charge in [-0.25, -0.2) is 4.98 Å². The summed E-state index contributed by atoms with van der Waals surface area (Å²) in [5.74, 6) is -0.983. The lowest BCUT2D eigenvalue weighted by Gasteiger charge is -2.16. The first kappa shape index (κ1) is 21.9. The second-order valence-electron chi connectivity index (χ2n) is 6.77. The van der Waals surface area contributed by atoms with Crippen LogP contribution in [-0.2, 0) is 17.6 Å². The largest absolute Gasteiger partial charge is 0.481 e. The predicted octanol–water partition coefficient (Wildman–Crippen LogP) is 5.03. The molecule has 1 atom stereocenters. The Morgan fingerprint density at radius 3 is 2.53 bits per heavy atom. The van der Waals surface area contributed by atoms with Crippen LogP contribution in [0.3, 0.4) is 0 Å². The molecule has 1 heterocycles. The van der Waals surface area contributed by atoms with Gasteiger partial charge in [0.1, 0.15) is 0 Å². The standard InChI is InChI=1S/C22H20Cl2N2O4/c1-2-20-25-12-19(30-20)22(29)26-16(11-21(27)28)9-13-3-5-14(6-4-13)17-10-15(23)7-8-18(17)24/h3-8,10,12,16H,2,9,11H2,1H3,(H,26,29)(H,27,28)/t16-/m1/s1. The van der Waals surface area contributed by atoms with Gasteiger partial charge in [0.25, 0.3) is 5.91 Å². The number of hydrogen-bond acceptors (Lipinski definition) is 4. The highest BCUT2D eigenvalue weighted by Crippen LogP contribution is 2.30. The number of nitrogens with one attached hydrogen (secondary N) is 1. The molecule has 0 fully saturated rings. The molecule has 1 aromatic heterocycles. The zero-order chi connectivity index (χ0) is 21.7. The van der Waals surface area contributed by atoms with E-state index in [9.17, 15) is 14.7 Å². The van der Waals surface area contributed by atoms with Gasteiger partial charge in [-0.15, -0.1) is 0 Å². The monoisotopic (exact) mass is 446 g/mol. The Morgan fingerprint density at radius 1 is 1.17 bits per heavy atom. The van der Waals surface area contributed by atoms with E-state index in [0.29, 0.717) is 28.8 Å². The Kier molecular flexibility index (Phi) is 7.13. The number of oxazole rings is 1. The minimum absolute atomic E-state index is 0.0631. The summed E-state index contributed by atoms with van der Waals surface area (Å²) in [5, 5.41) is 13.1. The first-order chi connectivity index (χ1) is 14.4. The van der Waals surface area contributed by atoms with Crippen molar-refractivity contribution in [1.29, 1.82) is 0 Å². The number of carboxylic acids is 1. The molecule has 0 aliphatic rings. The molecule has 1 amide bonds. The lowest BCUT2D eigenvalue weighted by atomic mass is 9.99. The van der Waals surface area contributed by atoms with Crippen molar-refractivity contribution in [2.75, 3.05) is 0 Å². The van der Waals surface area contributed by atoms with E-state index in [0.717, 1.165) is 16.7 Å². The molecule has 0 aliphatic carbocycles. The van der Waals surface area contributed by atoms with Gasteiger partial charge in [-0.3, -0.25) is 9.59 Å². The summed E-state index contributed by atoms with van der Waals surface area (Å²) in [7, 11) is 0. The number of carbonyl (C=O) groups is 2. The van der Waals surface area contributed by atoms with Crippen LogP contribution in [0.15, 0.2) is 53.1 Å². The zero-order valence-corrected chi connectivity index (χ0v) is 17.7. The Labute approximate surface area is 183 Å². The Morgan fingerprint density at radius 2 is 1.90 bits per heavy atom. The number of halogens is 2. The van der Waals surface area contributed by atoms with Crippen LogP contribution in [0.1, 0.15) is 35.4 Å². The van der Waals surface area contributed by atoms with E-state index in [1.807, 2.05) is 31.2 Å². The summed E-state index contributed by atoms with van der Waals surface area (Å²) in [6, 6.07) is 12.2. The third kappa shape index (κ3) is 5.62. The highest BCUT2D eigenvalue weighted by atomic mass is 35.5. The van der Waals surface area contributed by atoms with E-state index in [1.165, 1.54) is 6.20 Å². The van der Waals surface area contributed by atoms with Gasteiger partial charge in [-0.2, -0.15) is 0 Å². The molecule has 8 heteroatoms. The van der Waals surface area contributed by atoms with E-state index in [2.05, 4.69) is 10.3 Å². The SMILES string of the molecule is CCc1ncc(C(=O)N[C@@H](CC(=O)O)Cc2ccc(-c3cc(Cl)ccc3Cl)cc2)o1. The summed E-state index contributed by atoms with van der Waals surface area (Å²) < 4.78 is 5.34. The first-order valence-corrected chi connectivity index (χ1v) is 10.1. The quantitative estimate of drug-likeness (QED) is 0.506. The van der Waals surface area contributed by atoms with E-state index in [-0.39, 0.29) is 12.2 Å². The second-order valence-corrected chi connectivity index (χ2v) is 7.61. The minimum Gasteiger partial charge on any atom is -0.481 e. The van der Waals surface area contributed by atoms with Crippen molar-refractivity contribution < 1.29 is 19.1 Å². The van der Waals surface area contributed by atoms with Crippen LogP contribution in [0.2, 0.25) is 10.0 Å². The molecule has 0 saturated carbocycles. The van der Waals surface area contributed by atoms with Gasteiger partial charge in [-0.05, 0) is 35.7 Å². The van der Waals surface area contributed by atoms with Gasteiger partial charge in [0.15, 0.2) is 5.89 Å². The van der Waals surface area contributed by atoms with Crippen LogP contribution >= 0.6 is 23.2 Å². The summed E-state index contributed by atoms with van der Waals surface area (Å²) in [6.45, 7) is 1.86. The normalized spacial score (nSPS) is 11.8. The topological polar surface area (TPSA) is 92.4 Å². The fourth-order valence-corrected chi connectivity index (χ4v) is 3.44. The van der Waals surface area contributed by atoms with Crippen LogP contribution in [0.5, 0.6) is 0 Å². The first-order valence-electron chi connectivity index (χ1n) is 9.37. The molecule has 6 nitrogen and oxygen atoms in total. The maximum Gasteiger partial charge on any atom is 0.305 e. The van der Waals surface area contributed by atoms with Crippen molar-refractivity contribution >= 4 is 35.1 Å². The Balaban J connectivity index is 1.73. The number of aromatic nitrogens is 1. The van der Waals surface area contributed by atoms with Crippen molar-refractivity contribution in [3.8, 4) is 11.1 Å². The summed E-state index contributed by atoms with van der Waals surface area (Å²) in [4.78, 5) is 27.7. The summed E-state index contributed by atoms with van der Waals surface area (Å²) in [5.41, 5.74) is 2.57. The smallest absolute Gasteiger partial charge is 0.305 e. The minimum atomic E-state index is -1.01. The highest BCUT2D eigenvalue weighted by molar-refractivity contribution is 6.35. The van der Waals surface area contributed by atoms with Gasteiger partial charge in [0, 0.05) is 28.1 Å². The number of carbonyl (C=O) groups excluding carboxylic acids is 1. The summed E-state index contributed by atoms with van der Waals surface area (Å²) in [6.07, 6.45) is 2.03. The fourth-order valence-electron chi connectivity index (χ4n) is 3.04. The van der Waals surface area contributed by atoms with Crippen LogP contribution < -0.4 is 5.32 Å². The average molecular weight is 447 g/mol. The Bertz CT molecular complexity index is 1050. The van der Waals surface area contributed by atoms with Crippen LogP contribution in [0.25, 0.3) is 11.1 Å². The third-order valence-electron chi connectivity index (χ3n) is 4.51. The molecule has 3 aromatic rings. The third-order valence-corrected chi connectivity index (χ3v) is 5.08. The predicted molar refractivity (Wildman–Crippen MR) is 115 cm³/mol. The second kappa shape index (κ2) is 9.78.